The maximum Gasteiger partial charge on any atom is 0.0618 e. The largest absolute Gasteiger partial charge is 0.120 e. The van der Waals surface area contributed by atoms with Crippen molar-refractivity contribution in [2.45, 2.75) is 22.6 Å². The van der Waals surface area contributed by atoms with Gasteiger partial charge in [0.2, 0.25) is 0 Å². The average Bonchev–Trinajstić information content (AvgIpc) is 2.42. The molecule has 2 aromatic carbocycles. The second-order valence-corrected chi connectivity index (χ2v) is 6.11. The summed E-state index contributed by atoms with van der Waals surface area (Å²) in [5.41, 5.74) is 5.44. The number of fused-ring (bicyclic) bond motifs is 1. The quantitative estimate of drug-likeness (QED) is 0.621. The molecule has 0 aromatic heterocycles. The van der Waals surface area contributed by atoms with Crippen molar-refractivity contribution in [2.24, 2.45) is 0 Å². The lowest BCUT2D eigenvalue weighted by molar-refractivity contribution is 0.535. The molecule has 3 aliphatic carbocycles. The Morgan fingerprint density at radius 1 is 0.556 bits per heavy atom. The zero-order valence-corrected chi connectivity index (χ0v) is 11.2. The molecule has 0 radical (unpaired) electrons. The van der Waals surface area contributed by atoms with E-state index in [0.29, 0.717) is 0 Å². The molecule has 2 heteroatoms. The van der Waals surface area contributed by atoms with Gasteiger partial charge in [-0.1, -0.05) is 48.5 Å². The van der Waals surface area contributed by atoms with Gasteiger partial charge in [-0.3, -0.25) is 0 Å². The summed E-state index contributed by atoms with van der Waals surface area (Å²) in [4.78, 5) is 0. The summed E-state index contributed by atoms with van der Waals surface area (Å²) in [7, 11) is 0. The third-order valence-electron chi connectivity index (χ3n) is 4.27. The molecule has 0 saturated carbocycles. The Morgan fingerprint density at radius 3 is 1.11 bits per heavy atom. The van der Waals surface area contributed by atoms with E-state index in [9.17, 15) is 0 Å². The summed E-state index contributed by atoms with van der Waals surface area (Å²) in [6, 6.07) is 17.2. The van der Waals surface area contributed by atoms with E-state index in [2.05, 4.69) is 48.5 Å². The predicted octanol–water partition coefficient (Wildman–Crippen LogP) is 4.49. The fourth-order valence-electron chi connectivity index (χ4n) is 3.54. The van der Waals surface area contributed by atoms with Crippen molar-refractivity contribution < 1.29 is 0 Å². The predicted molar refractivity (Wildman–Crippen MR) is 75.9 cm³/mol. The number of hydrogen-bond donors (Lipinski definition) is 0. The number of benzene rings is 2. The van der Waals surface area contributed by atoms with Gasteiger partial charge in [0.1, 0.15) is 0 Å². The van der Waals surface area contributed by atoms with Crippen molar-refractivity contribution in [3.8, 4) is 0 Å². The summed E-state index contributed by atoms with van der Waals surface area (Å²) in [6.07, 6.45) is 0. The van der Waals surface area contributed by atoms with Gasteiger partial charge in [0, 0.05) is 11.8 Å². The van der Waals surface area contributed by atoms with Gasteiger partial charge in [0.05, 0.1) is 10.8 Å². The van der Waals surface area contributed by atoms with Crippen LogP contribution < -0.4 is 0 Å². The maximum absolute atomic E-state index is 6.59. The van der Waals surface area contributed by atoms with Gasteiger partial charge in [-0.05, 0) is 22.3 Å². The van der Waals surface area contributed by atoms with E-state index in [-0.39, 0.29) is 22.6 Å². The van der Waals surface area contributed by atoms with E-state index < -0.39 is 0 Å². The first kappa shape index (κ1) is 10.9. The fourth-order valence-corrected chi connectivity index (χ4v) is 4.38. The van der Waals surface area contributed by atoms with Gasteiger partial charge in [-0.25, -0.2) is 0 Å². The summed E-state index contributed by atoms with van der Waals surface area (Å²) in [5, 5.41) is -0.0251. The minimum atomic E-state index is -0.0125. The van der Waals surface area contributed by atoms with Crippen LogP contribution in [-0.4, -0.2) is 10.8 Å². The van der Waals surface area contributed by atoms with Crippen LogP contribution >= 0.6 is 23.2 Å². The van der Waals surface area contributed by atoms with Crippen LogP contribution in [0, 0.1) is 0 Å². The van der Waals surface area contributed by atoms with Gasteiger partial charge < -0.3 is 0 Å². The number of rotatable bonds is 0. The van der Waals surface area contributed by atoms with Crippen molar-refractivity contribution in [3.63, 3.8) is 0 Å². The Balaban J connectivity index is 2.06. The van der Waals surface area contributed by atoms with Gasteiger partial charge >= 0.3 is 0 Å². The van der Waals surface area contributed by atoms with Crippen LogP contribution in [0.4, 0.5) is 0 Å². The highest BCUT2D eigenvalue weighted by Gasteiger charge is 2.48. The fraction of sp³-hybridized carbons (Fsp3) is 0.250. The molecule has 0 unspecified atom stereocenters. The van der Waals surface area contributed by atoms with Crippen LogP contribution in [0.15, 0.2) is 48.5 Å². The summed E-state index contributed by atoms with van der Waals surface area (Å²) in [6.45, 7) is 0. The molecule has 0 aliphatic heterocycles. The first-order valence-corrected chi connectivity index (χ1v) is 7.12. The summed E-state index contributed by atoms with van der Waals surface area (Å²) >= 11 is 13.2. The summed E-state index contributed by atoms with van der Waals surface area (Å²) < 4.78 is 0. The molecule has 90 valence electrons. The van der Waals surface area contributed by atoms with E-state index in [0.717, 1.165) is 0 Å². The lowest BCUT2D eigenvalue weighted by Gasteiger charge is -2.46. The Bertz CT molecular complexity index is 518. The molecular formula is C16H12Cl2. The zero-order valence-electron chi connectivity index (χ0n) is 9.68. The standard InChI is InChI=1S/C16H12Cl2/c17-15-13-9-5-1-2-6-10(9)14(16(15)18)12-8-4-3-7-11(12)13/h1-8,13-16H/t13?,14?,15-,16-/m1/s1. The third kappa shape index (κ3) is 1.23. The topological polar surface area (TPSA) is 0 Å². The van der Waals surface area contributed by atoms with Gasteiger partial charge in [-0.15, -0.1) is 23.2 Å². The Kier molecular flexibility index (Phi) is 2.27. The van der Waals surface area contributed by atoms with Crippen molar-refractivity contribution >= 4 is 23.2 Å². The van der Waals surface area contributed by atoms with E-state index in [1.807, 2.05) is 0 Å². The molecule has 0 nitrogen and oxygen atoms in total. The second kappa shape index (κ2) is 3.76. The highest BCUT2D eigenvalue weighted by Crippen LogP contribution is 2.55. The van der Waals surface area contributed by atoms with Crippen LogP contribution in [0.5, 0.6) is 0 Å². The second-order valence-electron chi connectivity index (χ2n) is 5.10. The first-order valence-electron chi connectivity index (χ1n) is 6.25. The normalized spacial score (nSPS) is 31.9. The van der Waals surface area contributed by atoms with Crippen molar-refractivity contribution in [2.75, 3.05) is 0 Å². The van der Waals surface area contributed by atoms with E-state index in [1.54, 1.807) is 0 Å². The molecule has 0 saturated heterocycles. The van der Waals surface area contributed by atoms with Crippen LogP contribution in [-0.2, 0) is 0 Å². The molecule has 18 heavy (non-hydrogen) atoms. The number of halogens is 2. The van der Waals surface area contributed by atoms with Gasteiger partial charge in [-0.2, -0.15) is 0 Å². The minimum Gasteiger partial charge on any atom is -0.120 e. The zero-order chi connectivity index (χ0) is 12.3. The smallest absolute Gasteiger partial charge is 0.0618 e. The van der Waals surface area contributed by atoms with Gasteiger partial charge in [0.15, 0.2) is 0 Å². The molecule has 5 rings (SSSR count). The Labute approximate surface area is 117 Å². The first-order chi connectivity index (χ1) is 8.79. The molecule has 0 fully saturated rings. The Hall–Kier alpha value is -0.980. The lowest BCUT2D eigenvalue weighted by Crippen LogP contribution is -2.41. The molecule has 2 atom stereocenters. The molecule has 2 bridgehead atoms. The van der Waals surface area contributed by atoms with Crippen LogP contribution in [0.1, 0.15) is 34.1 Å². The van der Waals surface area contributed by atoms with Crippen LogP contribution in [0.25, 0.3) is 0 Å². The molecule has 0 spiro atoms. The van der Waals surface area contributed by atoms with E-state index in [4.69, 9.17) is 23.2 Å². The average molecular weight is 275 g/mol. The van der Waals surface area contributed by atoms with Gasteiger partial charge in [0.25, 0.3) is 0 Å². The minimum absolute atomic E-state index is 0.0125. The molecular weight excluding hydrogens is 263 g/mol. The third-order valence-corrected chi connectivity index (χ3v) is 5.45. The van der Waals surface area contributed by atoms with Crippen molar-refractivity contribution in [1.29, 1.82) is 0 Å². The van der Waals surface area contributed by atoms with E-state index >= 15 is 0 Å². The molecule has 0 N–H and O–H groups in total. The number of hydrogen-bond acceptors (Lipinski definition) is 0. The van der Waals surface area contributed by atoms with Crippen molar-refractivity contribution in [1.82, 2.24) is 0 Å². The number of alkyl halides is 2. The Morgan fingerprint density at radius 2 is 0.833 bits per heavy atom. The SMILES string of the molecule is Cl[C@@H]1C2c3ccccc3C(c3ccccc32)[C@H]1Cl. The van der Waals surface area contributed by atoms with Crippen LogP contribution in [0.3, 0.4) is 0 Å². The molecule has 0 amide bonds. The maximum atomic E-state index is 6.59. The van der Waals surface area contributed by atoms with Crippen molar-refractivity contribution in [3.05, 3.63) is 70.8 Å². The highest BCUT2D eigenvalue weighted by molar-refractivity contribution is 6.31. The molecule has 3 aliphatic rings. The monoisotopic (exact) mass is 274 g/mol. The highest BCUT2D eigenvalue weighted by atomic mass is 35.5. The summed E-state index contributed by atoms with van der Waals surface area (Å²) in [5.74, 6) is 0.484. The molecule has 2 aromatic rings. The van der Waals surface area contributed by atoms with E-state index in [1.165, 1.54) is 22.3 Å². The van der Waals surface area contributed by atoms with Crippen LogP contribution in [0.2, 0.25) is 0 Å². The molecule has 0 heterocycles. The lowest BCUT2D eigenvalue weighted by atomic mass is 9.63.